The van der Waals surface area contributed by atoms with Gasteiger partial charge in [-0.25, -0.2) is 0 Å². The zero-order chi connectivity index (χ0) is 8.81. The Hall–Kier alpha value is -0.340. The van der Waals surface area contributed by atoms with Crippen molar-refractivity contribution >= 4 is 11.3 Å². The van der Waals surface area contributed by atoms with E-state index >= 15 is 0 Å². The van der Waals surface area contributed by atoms with Gasteiger partial charge < -0.3 is 5.11 Å². The molecule has 0 aliphatic carbocycles. The van der Waals surface area contributed by atoms with Gasteiger partial charge in [0.05, 0.1) is 0 Å². The van der Waals surface area contributed by atoms with Crippen molar-refractivity contribution < 1.29 is 5.11 Å². The van der Waals surface area contributed by atoms with Crippen LogP contribution in [0.15, 0.2) is 11.4 Å². The molecule has 0 aliphatic rings. The molecule has 0 spiro atoms. The summed E-state index contributed by atoms with van der Waals surface area (Å²) in [5.74, 6) is 0. The van der Waals surface area contributed by atoms with E-state index in [0.29, 0.717) is 0 Å². The van der Waals surface area contributed by atoms with Crippen LogP contribution in [0.1, 0.15) is 30.2 Å². The number of aliphatic hydroxyl groups excluding tert-OH is 1. The van der Waals surface area contributed by atoms with Gasteiger partial charge in [0.25, 0.3) is 0 Å². The quantitative estimate of drug-likeness (QED) is 0.746. The second-order valence-electron chi connectivity index (χ2n) is 2.95. The largest absolute Gasteiger partial charge is 0.396 e. The highest BCUT2D eigenvalue weighted by molar-refractivity contribution is 7.10. The normalized spacial score (nSPS) is 10.5. The fraction of sp³-hybridized carbons (Fsp3) is 0.600. The Morgan fingerprint density at radius 1 is 1.42 bits per heavy atom. The molecule has 1 N–H and O–H groups in total. The highest BCUT2D eigenvalue weighted by Crippen LogP contribution is 2.19. The van der Waals surface area contributed by atoms with Gasteiger partial charge in [-0.05, 0) is 29.9 Å². The molecule has 1 aromatic rings. The van der Waals surface area contributed by atoms with Crippen molar-refractivity contribution in [3.8, 4) is 0 Å². The molecule has 0 aromatic carbocycles. The zero-order valence-electron chi connectivity index (χ0n) is 7.55. The van der Waals surface area contributed by atoms with Gasteiger partial charge in [0.15, 0.2) is 0 Å². The van der Waals surface area contributed by atoms with Crippen molar-refractivity contribution in [2.24, 2.45) is 0 Å². The van der Waals surface area contributed by atoms with Gasteiger partial charge in [0, 0.05) is 17.9 Å². The van der Waals surface area contributed by atoms with Crippen molar-refractivity contribution in [1.82, 2.24) is 0 Å². The lowest BCUT2D eigenvalue weighted by Crippen LogP contribution is -1.92. The molecule has 1 heterocycles. The SMILES string of the molecule is CCCCc1ccsc1CCO. The van der Waals surface area contributed by atoms with Crippen LogP contribution in [0, 0.1) is 0 Å². The zero-order valence-corrected chi connectivity index (χ0v) is 8.36. The van der Waals surface area contributed by atoms with E-state index in [1.807, 2.05) is 0 Å². The molecule has 0 unspecified atom stereocenters. The van der Waals surface area contributed by atoms with Gasteiger partial charge in [-0.15, -0.1) is 11.3 Å². The number of thiophene rings is 1. The number of unbranched alkanes of at least 4 members (excludes halogenated alkanes) is 1. The Bertz CT molecular complexity index is 217. The number of aryl methyl sites for hydroxylation is 1. The summed E-state index contributed by atoms with van der Waals surface area (Å²) in [6.07, 6.45) is 4.51. The van der Waals surface area contributed by atoms with Gasteiger partial charge in [-0.2, -0.15) is 0 Å². The van der Waals surface area contributed by atoms with Crippen molar-refractivity contribution in [2.75, 3.05) is 6.61 Å². The molecule has 0 aliphatic heterocycles. The van der Waals surface area contributed by atoms with Crippen LogP contribution in [-0.4, -0.2) is 11.7 Å². The molecule has 12 heavy (non-hydrogen) atoms. The van der Waals surface area contributed by atoms with E-state index in [4.69, 9.17) is 5.11 Å². The van der Waals surface area contributed by atoms with Crippen molar-refractivity contribution in [1.29, 1.82) is 0 Å². The molecule has 0 bridgehead atoms. The average Bonchev–Trinajstić information content (AvgIpc) is 2.50. The molecule has 0 fully saturated rings. The molecule has 0 saturated carbocycles. The Kier molecular flexibility index (Phi) is 4.33. The molecular formula is C10H16OS. The van der Waals surface area contributed by atoms with E-state index in [9.17, 15) is 0 Å². The van der Waals surface area contributed by atoms with Crippen LogP contribution >= 0.6 is 11.3 Å². The first-order valence-corrected chi connectivity index (χ1v) is 5.42. The molecule has 68 valence electrons. The lowest BCUT2D eigenvalue weighted by Gasteiger charge is -2.00. The third kappa shape index (κ3) is 2.61. The molecule has 1 nitrogen and oxygen atoms in total. The summed E-state index contributed by atoms with van der Waals surface area (Å²) < 4.78 is 0. The minimum Gasteiger partial charge on any atom is -0.396 e. The number of hydrogen-bond acceptors (Lipinski definition) is 2. The Labute approximate surface area is 78.1 Å². The van der Waals surface area contributed by atoms with Crippen molar-refractivity contribution in [2.45, 2.75) is 32.6 Å². The van der Waals surface area contributed by atoms with Gasteiger partial charge >= 0.3 is 0 Å². The third-order valence-corrected chi connectivity index (χ3v) is 3.00. The minimum atomic E-state index is 0.277. The second kappa shape index (κ2) is 5.33. The van der Waals surface area contributed by atoms with E-state index < -0.39 is 0 Å². The highest BCUT2D eigenvalue weighted by atomic mass is 32.1. The smallest absolute Gasteiger partial charge is 0.0479 e. The molecule has 0 radical (unpaired) electrons. The topological polar surface area (TPSA) is 20.2 Å². The third-order valence-electron chi connectivity index (χ3n) is 1.98. The van der Waals surface area contributed by atoms with E-state index in [-0.39, 0.29) is 6.61 Å². The predicted octanol–water partition coefficient (Wildman–Crippen LogP) is 2.63. The van der Waals surface area contributed by atoms with Crippen molar-refractivity contribution in [3.05, 3.63) is 21.9 Å². The summed E-state index contributed by atoms with van der Waals surface area (Å²) >= 11 is 1.76. The summed E-state index contributed by atoms with van der Waals surface area (Å²) in [5.41, 5.74) is 1.44. The predicted molar refractivity (Wildman–Crippen MR) is 53.7 cm³/mol. The number of rotatable bonds is 5. The van der Waals surface area contributed by atoms with Crippen molar-refractivity contribution in [3.63, 3.8) is 0 Å². The lowest BCUT2D eigenvalue weighted by atomic mass is 10.1. The first kappa shape index (κ1) is 9.75. The maximum atomic E-state index is 8.79. The average molecular weight is 184 g/mol. The number of hydrogen-bond donors (Lipinski definition) is 1. The molecular weight excluding hydrogens is 168 g/mol. The van der Waals surface area contributed by atoms with Crippen LogP contribution in [-0.2, 0) is 12.8 Å². The van der Waals surface area contributed by atoms with Crippen LogP contribution in [0.25, 0.3) is 0 Å². The van der Waals surface area contributed by atoms with E-state index in [1.54, 1.807) is 11.3 Å². The molecule has 1 aromatic heterocycles. The number of aliphatic hydroxyl groups is 1. The molecule has 0 saturated heterocycles. The maximum Gasteiger partial charge on any atom is 0.0479 e. The van der Waals surface area contributed by atoms with Gasteiger partial charge in [0.2, 0.25) is 0 Å². The highest BCUT2D eigenvalue weighted by Gasteiger charge is 2.02. The van der Waals surface area contributed by atoms with Crippen LogP contribution in [0.4, 0.5) is 0 Å². The second-order valence-corrected chi connectivity index (χ2v) is 3.95. The first-order chi connectivity index (χ1) is 5.88. The first-order valence-electron chi connectivity index (χ1n) is 4.54. The Morgan fingerprint density at radius 2 is 2.25 bits per heavy atom. The fourth-order valence-electron chi connectivity index (χ4n) is 1.28. The summed E-state index contributed by atoms with van der Waals surface area (Å²) in [5, 5.41) is 10.9. The van der Waals surface area contributed by atoms with Gasteiger partial charge in [0.1, 0.15) is 0 Å². The Morgan fingerprint density at radius 3 is 2.92 bits per heavy atom. The summed E-state index contributed by atoms with van der Waals surface area (Å²) in [6, 6.07) is 2.19. The molecule has 1 rings (SSSR count). The van der Waals surface area contributed by atoms with Crippen LogP contribution in [0.5, 0.6) is 0 Å². The summed E-state index contributed by atoms with van der Waals surface area (Å²) in [7, 11) is 0. The van der Waals surface area contributed by atoms with Crippen LogP contribution in [0.2, 0.25) is 0 Å². The van der Waals surface area contributed by atoms with Crippen LogP contribution in [0.3, 0.4) is 0 Å². The molecule has 0 amide bonds. The lowest BCUT2D eigenvalue weighted by molar-refractivity contribution is 0.300. The molecule has 0 atom stereocenters. The van der Waals surface area contributed by atoms with E-state index in [1.165, 1.54) is 29.7 Å². The standard InChI is InChI=1S/C10H16OS/c1-2-3-4-9-6-8-12-10(9)5-7-11/h6,8,11H,2-5,7H2,1H3. The monoisotopic (exact) mass is 184 g/mol. The summed E-state index contributed by atoms with van der Waals surface area (Å²) in [4.78, 5) is 1.37. The maximum absolute atomic E-state index is 8.79. The Balaban J connectivity index is 2.51. The molecule has 2 heteroatoms. The summed E-state index contributed by atoms with van der Waals surface area (Å²) in [6.45, 7) is 2.48. The van der Waals surface area contributed by atoms with Gasteiger partial charge in [-0.1, -0.05) is 13.3 Å². The van der Waals surface area contributed by atoms with E-state index in [2.05, 4.69) is 18.4 Å². The fourth-order valence-corrected chi connectivity index (χ4v) is 2.21. The van der Waals surface area contributed by atoms with Gasteiger partial charge in [-0.3, -0.25) is 0 Å². The van der Waals surface area contributed by atoms with E-state index in [0.717, 1.165) is 6.42 Å². The van der Waals surface area contributed by atoms with Crippen LogP contribution < -0.4 is 0 Å². The minimum absolute atomic E-state index is 0.277.